The molecule has 0 radical (unpaired) electrons. The Labute approximate surface area is 151 Å². The molecular formula is C21H34O4. The number of hydrogen-bond acceptors (Lipinski definition) is 3. The molecule has 2 aliphatic carbocycles. The second-order valence-electron chi connectivity index (χ2n) is 7.81. The summed E-state index contributed by atoms with van der Waals surface area (Å²) in [6.45, 7) is 2.16. The van der Waals surface area contributed by atoms with Crippen LogP contribution in [-0.4, -0.2) is 33.5 Å². The van der Waals surface area contributed by atoms with E-state index in [0.29, 0.717) is 18.3 Å². The molecule has 0 spiro atoms. The number of aliphatic carboxylic acids is 1. The van der Waals surface area contributed by atoms with Crippen molar-refractivity contribution < 1.29 is 20.1 Å². The van der Waals surface area contributed by atoms with Crippen LogP contribution in [0.5, 0.6) is 0 Å². The first kappa shape index (κ1) is 20.2. The minimum Gasteiger partial charge on any atom is -0.481 e. The number of allylic oxidation sites excluding steroid dienone is 2. The van der Waals surface area contributed by atoms with Crippen molar-refractivity contribution >= 4 is 5.97 Å². The lowest BCUT2D eigenvalue weighted by Crippen LogP contribution is -2.17. The average molecular weight is 350 g/mol. The number of aliphatic hydroxyl groups is 2. The van der Waals surface area contributed by atoms with Gasteiger partial charge in [0, 0.05) is 12.3 Å². The highest BCUT2D eigenvalue weighted by atomic mass is 16.4. The van der Waals surface area contributed by atoms with Crippen LogP contribution in [0, 0.1) is 17.8 Å². The summed E-state index contributed by atoms with van der Waals surface area (Å²) in [4.78, 5) is 10.6. The van der Waals surface area contributed by atoms with Gasteiger partial charge in [-0.15, -0.1) is 0 Å². The molecule has 142 valence electrons. The van der Waals surface area contributed by atoms with Crippen LogP contribution in [0.2, 0.25) is 0 Å². The van der Waals surface area contributed by atoms with Crippen molar-refractivity contribution in [2.75, 3.05) is 0 Å². The average Bonchev–Trinajstić information content (AvgIpc) is 3.06. The lowest BCUT2D eigenvalue weighted by Gasteiger charge is -2.17. The second-order valence-corrected chi connectivity index (χ2v) is 7.81. The summed E-state index contributed by atoms with van der Waals surface area (Å²) >= 11 is 0. The van der Waals surface area contributed by atoms with Gasteiger partial charge in [0.05, 0.1) is 12.2 Å². The molecule has 2 saturated carbocycles. The van der Waals surface area contributed by atoms with Gasteiger partial charge < -0.3 is 15.3 Å². The normalized spacial score (nSPS) is 31.7. The van der Waals surface area contributed by atoms with Crippen LogP contribution in [-0.2, 0) is 4.79 Å². The number of rotatable bonds is 10. The fourth-order valence-electron chi connectivity index (χ4n) is 4.46. The fraction of sp³-hybridized carbons (Fsp3) is 0.762. The zero-order valence-electron chi connectivity index (χ0n) is 15.4. The van der Waals surface area contributed by atoms with Crippen LogP contribution in [0.4, 0.5) is 0 Å². The number of aliphatic hydroxyl groups excluding tert-OH is 2. The van der Waals surface area contributed by atoms with Crippen LogP contribution in [0.15, 0.2) is 23.8 Å². The van der Waals surface area contributed by atoms with Crippen LogP contribution < -0.4 is 0 Å². The molecule has 2 rings (SSSR count). The molecule has 0 amide bonds. The third kappa shape index (κ3) is 6.27. The summed E-state index contributed by atoms with van der Waals surface area (Å²) in [7, 11) is 0. The summed E-state index contributed by atoms with van der Waals surface area (Å²) in [5.74, 6) is 0.427. The summed E-state index contributed by atoms with van der Waals surface area (Å²) in [5, 5.41) is 29.1. The van der Waals surface area contributed by atoms with Crippen molar-refractivity contribution in [1.29, 1.82) is 0 Å². The molecule has 2 fully saturated rings. The quantitative estimate of drug-likeness (QED) is 0.410. The van der Waals surface area contributed by atoms with Crippen molar-refractivity contribution in [3.63, 3.8) is 0 Å². The molecule has 0 aromatic carbocycles. The molecule has 25 heavy (non-hydrogen) atoms. The largest absolute Gasteiger partial charge is 0.481 e. The highest BCUT2D eigenvalue weighted by Gasteiger charge is 2.44. The molecule has 0 heterocycles. The van der Waals surface area contributed by atoms with Gasteiger partial charge in [-0.2, -0.15) is 0 Å². The molecule has 2 aliphatic rings. The predicted octanol–water partition coefficient (Wildman–Crippen LogP) is 4.07. The minimum absolute atomic E-state index is 0.149. The zero-order valence-corrected chi connectivity index (χ0v) is 15.4. The fourth-order valence-corrected chi connectivity index (χ4v) is 4.46. The Morgan fingerprint density at radius 2 is 2.08 bits per heavy atom. The van der Waals surface area contributed by atoms with Gasteiger partial charge in [0.1, 0.15) is 0 Å². The van der Waals surface area contributed by atoms with Gasteiger partial charge >= 0.3 is 5.97 Å². The maximum Gasteiger partial charge on any atom is 0.303 e. The molecule has 0 aromatic heterocycles. The summed E-state index contributed by atoms with van der Waals surface area (Å²) in [6, 6.07) is 0. The van der Waals surface area contributed by atoms with E-state index in [2.05, 4.69) is 19.1 Å². The third-order valence-electron chi connectivity index (χ3n) is 5.80. The Balaban J connectivity index is 1.83. The minimum atomic E-state index is -0.729. The zero-order chi connectivity index (χ0) is 18.2. The Morgan fingerprint density at radius 3 is 2.80 bits per heavy atom. The molecule has 1 unspecified atom stereocenters. The standard InChI is InChI=1S/C21H34O4/c1-2-3-4-8-17(22)10-11-18-19-13-15(7-5-6-9-21(24)25)12-16(19)14-20(18)23/h7,10-11,16-20,22-23H,2-6,8-9,12-14H2,1H3,(H,24,25)/b11-10+,15-7-/t16-,17-,18?,19-,20+/m0/s1. The van der Waals surface area contributed by atoms with E-state index in [1.165, 1.54) is 5.57 Å². The Kier molecular flexibility index (Phi) is 8.17. The van der Waals surface area contributed by atoms with Gasteiger partial charge in [0.15, 0.2) is 0 Å². The van der Waals surface area contributed by atoms with Crippen molar-refractivity contribution in [2.45, 2.75) is 83.3 Å². The van der Waals surface area contributed by atoms with Crippen LogP contribution in [0.1, 0.15) is 71.1 Å². The molecular weight excluding hydrogens is 316 g/mol. The van der Waals surface area contributed by atoms with E-state index in [9.17, 15) is 15.0 Å². The number of carbonyl (C=O) groups is 1. The highest BCUT2D eigenvalue weighted by molar-refractivity contribution is 5.66. The van der Waals surface area contributed by atoms with Gasteiger partial charge in [-0.25, -0.2) is 0 Å². The SMILES string of the molecule is CCCCC[C@H](O)/C=C/C1[C@H](O)C[C@@H]2C/C(=C/CCCC(=O)O)C[C@H]12. The molecule has 4 nitrogen and oxygen atoms in total. The van der Waals surface area contributed by atoms with Crippen molar-refractivity contribution in [3.8, 4) is 0 Å². The van der Waals surface area contributed by atoms with Gasteiger partial charge in [-0.05, 0) is 50.4 Å². The molecule has 3 N–H and O–H groups in total. The van der Waals surface area contributed by atoms with Crippen LogP contribution >= 0.6 is 0 Å². The Hall–Kier alpha value is -1.13. The van der Waals surface area contributed by atoms with Crippen LogP contribution in [0.25, 0.3) is 0 Å². The molecule has 0 aliphatic heterocycles. The smallest absolute Gasteiger partial charge is 0.303 e. The summed E-state index contributed by atoms with van der Waals surface area (Å²) in [5.41, 5.74) is 1.43. The Bertz CT molecular complexity index is 482. The van der Waals surface area contributed by atoms with E-state index in [1.54, 1.807) is 0 Å². The van der Waals surface area contributed by atoms with Gasteiger partial charge in [-0.3, -0.25) is 4.79 Å². The van der Waals surface area contributed by atoms with Crippen molar-refractivity contribution in [2.24, 2.45) is 17.8 Å². The first-order valence-corrected chi connectivity index (χ1v) is 9.95. The molecule has 0 aromatic rings. The first-order valence-electron chi connectivity index (χ1n) is 9.95. The molecule has 0 bridgehead atoms. The lowest BCUT2D eigenvalue weighted by atomic mass is 9.90. The number of carboxylic acids is 1. The number of hydrogen-bond donors (Lipinski definition) is 3. The number of unbranched alkanes of at least 4 members (excludes halogenated alkanes) is 3. The monoisotopic (exact) mass is 350 g/mol. The van der Waals surface area contributed by atoms with Gasteiger partial charge in [-0.1, -0.05) is 50.0 Å². The molecule has 0 saturated heterocycles. The number of fused-ring (bicyclic) bond motifs is 1. The maximum absolute atomic E-state index is 10.6. The van der Waals surface area contributed by atoms with E-state index in [0.717, 1.165) is 51.4 Å². The van der Waals surface area contributed by atoms with E-state index in [1.807, 2.05) is 6.08 Å². The highest BCUT2D eigenvalue weighted by Crippen LogP contribution is 2.50. The molecule has 4 heteroatoms. The van der Waals surface area contributed by atoms with Crippen molar-refractivity contribution in [1.82, 2.24) is 0 Å². The predicted molar refractivity (Wildman–Crippen MR) is 99.2 cm³/mol. The number of carboxylic acid groups (broad SMARTS) is 1. The first-order chi connectivity index (χ1) is 12.0. The van der Waals surface area contributed by atoms with E-state index >= 15 is 0 Å². The van der Waals surface area contributed by atoms with Gasteiger partial charge in [0.2, 0.25) is 0 Å². The van der Waals surface area contributed by atoms with E-state index in [4.69, 9.17) is 5.11 Å². The summed E-state index contributed by atoms with van der Waals surface area (Å²) in [6.07, 6.45) is 14.3. The summed E-state index contributed by atoms with van der Waals surface area (Å²) < 4.78 is 0. The second kappa shape index (κ2) is 10.1. The lowest BCUT2D eigenvalue weighted by molar-refractivity contribution is -0.137. The topological polar surface area (TPSA) is 77.8 Å². The maximum atomic E-state index is 10.6. The third-order valence-corrected chi connectivity index (χ3v) is 5.80. The van der Waals surface area contributed by atoms with Gasteiger partial charge in [0.25, 0.3) is 0 Å². The van der Waals surface area contributed by atoms with Crippen LogP contribution in [0.3, 0.4) is 0 Å². The molecule has 5 atom stereocenters. The van der Waals surface area contributed by atoms with E-state index < -0.39 is 12.1 Å². The van der Waals surface area contributed by atoms with Crippen molar-refractivity contribution in [3.05, 3.63) is 23.8 Å². The van der Waals surface area contributed by atoms with E-state index in [-0.39, 0.29) is 18.4 Å². The Morgan fingerprint density at radius 1 is 1.28 bits per heavy atom.